The molecule has 1 N–H and O–H groups in total. The smallest absolute Gasteiger partial charge is 0.223 e. The maximum atomic E-state index is 11.7. The monoisotopic (exact) mass is 460 g/mol. The highest BCUT2D eigenvalue weighted by Crippen LogP contribution is 2.42. The summed E-state index contributed by atoms with van der Waals surface area (Å²) in [5, 5.41) is 4.48. The van der Waals surface area contributed by atoms with Crippen LogP contribution in [0.2, 0.25) is 0 Å². The first kappa shape index (κ1) is 23.2. The van der Waals surface area contributed by atoms with Gasteiger partial charge in [0, 0.05) is 55.8 Å². The first-order valence-electron chi connectivity index (χ1n) is 11.7. The van der Waals surface area contributed by atoms with Gasteiger partial charge in [-0.05, 0) is 38.9 Å². The SMILES string of the molecule is CC.CN1CCC2(C1)CN(c1cccc3cnc(NC4CCN(S(C)(=O)=O)CC4)nc13)C2. The molecule has 32 heavy (non-hydrogen) atoms. The first-order valence-corrected chi connectivity index (χ1v) is 13.6. The van der Waals surface area contributed by atoms with Gasteiger partial charge in [0.25, 0.3) is 0 Å². The Morgan fingerprint density at radius 3 is 2.44 bits per heavy atom. The van der Waals surface area contributed by atoms with E-state index in [1.165, 1.54) is 31.5 Å². The Morgan fingerprint density at radius 2 is 1.81 bits per heavy atom. The summed E-state index contributed by atoms with van der Waals surface area (Å²) in [4.78, 5) is 14.3. The Kier molecular flexibility index (Phi) is 6.61. The van der Waals surface area contributed by atoms with Crippen LogP contribution < -0.4 is 10.2 Å². The molecule has 176 valence electrons. The molecule has 1 aromatic heterocycles. The van der Waals surface area contributed by atoms with Gasteiger partial charge in [-0.25, -0.2) is 22.7 Å². The molecular formula is C23H36N6O2S. The maximum Gasteiger partial charge on any atom is 0.223 e. The Morgan fingerprint density at radius 1 is 1.09 bits per heavy atom. The van der Waals surface area contributed by atoms with E-state index >= 15 is 0 Å². The second-order valence-corrected chi connectivity index (χ2v) is 11.3. The number of aromatic nitrogens is 2. The Labute approximate surface area is 192 Å². The van der Waals surface area contributed by atoms with Gasteiger partial charge in [-0.3, -0.25) is 0 Å². The molecule has 8 nitrogen and oxygen atoms in total. The molecule has 3 aliphatic heterocycles. The number of rotatable bonds is 4. The van der Waals surface area contributed by atoms with Crippen molar-refractivity contribution in [3.63, 3.8) is 0 Å². The van der Waals surface area contributed by atoms with E-state index in [2.05, 4.69) is 45.3 Å². The number of hydrogen-bond donors (Lipinski definition) is 1. The van der Waals surface area contributed by atoms with Crippen molar-refractivity contribution in [3.05, 3.63) is 24.4 Å². The fourth-order valence-electron chi connectivity index (χ4n) is 5.23. The lowest BCUT2D eigenvalue weighted by Crippen LogP contribution is -2.57. The zero-order chi connectivity index (χ0) is 22.9. The lowest BCUT2D eigenvalue weighted by Gasteiger charge is -2.49. The number of para-hydroxylation sites is 1. The number of sulfonamides is 1. The van der Waals surface area contributed by atoms with Gasteiger partial charge < -0.3 is 15.1 Å². The minimum atomic E-state index is -3.11. The molecule has 0 bridgehead atoms. The van der Waals surface area contributed by atoms with Gasteiger partial charge in [-0.15, -0.1) is 0 Å². The number of nitrogens with zero attached hydrogens (tertiary/aromatic N) is 5. The molecule has 0 saturated carbocycles. The van der Waals surface area contributed by atoms with E-state index in [1.807, 2.05) is 20.0 Å². The second kappa shape index (κ2) is 9.11. The van der Waals surface area contributed by atoms with Crippen LogP contribution in [0, 0.1) is 5.41 Å². The number of hydrogen-bond acceptors (Lipinski definition) is 7. The highest BCUT2D eigenvalue weighted by molar-refractivity contribution is 7.88. The minimum Gasteiger partial charge on any atom is -0.368 e. The van der Waals surface area contributed by atoms with Crippen molar-refractivity contribution >= 4 is 32.6 Å². The normalized spacial score (nSPS) is 21.9. The summed E-state index contributed by atoms with van der Waals surface area (Å²) in [6, 6.07) is 6.50. The van der Waals surface area contributed by atoms with Crippen molar-refractivity contribution < 1.29 is 8.42 Å². The van der Waals surface area contributed by atoms with Crippen LogP contribution in [0.5, 0.6) is 0 Å². The number of benzene rings is 1. The molecule has 4 heterocycles. The summed E-state index contributed by atoms with van der Waals surface area (Å²) in [5.41, 5.74) is 2.62. The molecule has 0 radical (unpaired) electrons. The van der Waals surface area contributed by atoms with Gasteiger partial charge in [0.15, 0.2) is 0 Å². The number of likely N-dealkylation sites (tertiary alicyclic amines) is 1. The first-order chi connectivity index (χ1) is 15.3. The average Bonchev–Trinajstić information content (AvgIpc) is 3.16. The Bertz CT molecular complexity index is 1050. The molecule has 5 rings (SSSR count). The zero-order valence-corrected chi connectivity index (χ0v) is 20.5. The third-order valence-electron chi connectivity index (χ3n) is 6.87. The van der Waals surface area contributed by atoms with Gasteiger partial charge in [-0.1, -0.05) is 26.0 Å². The third-order valence-corrected chi connectivity index (χ3v) is 8.17. The molecule has 9 heteroatoms. The zero-order valence-electron chi connectivity index (χ0n) is 19.7. The minimum absolute atomic E-state index is 0.189. The molecule has 3 fully saturated rings. The highest BCUT2D eigenvalue weighted by Gasteiger charge is 2.47. The van der Waals surface area contributed by atoms with Crippen LogP contribution in [-0.4, -0.2) is 86.2 Å². The molecular weight excluding hydrogens is 424 g/mol. The van der Waals surface area contributed by atoms with Crippen LogP contribution in [-0.2, 0) is 10.0 Å². The van der Waals surface area contributed by atoms with Crippen LogP contribution in [0.3, 0.4) is 0 Å². The summed E-state index contributed by atoms with van der Waals surface area (Å²) in [6.07, 6.45) is 5.96. The van der Waals surface area contributed by atoms with E-state index in [0.29, 0.717) is 24.5 Å². The molecule has 0 unspecified atom stereocenters. The Hall–Kier alpha value is -1.97. The molecule has 3 aliphatic rings. The number of anilines is 2. The lowest BCUT2D eigenvalue weighted by molar-refractivity contribution is 0.218. The molecule has 1 spiro atoms. The van der Waals surface area contributed by atoms with Gasteiger partial charge >= 0.3 is 0 Å². The summed E-state index contributed by atoms with van der Waals surface area (Å²) in [5.74, 6) is 0.628. The predicted molar refractivity (Wildman–Crippen MR) is 131 cm³/mol. The Balaban J connectivity index is 0.00000119. The highest BCUT2D eigenvalue weighted by atomic mass is 32.2. The van der Waals surface area contributed by atoms with Crippen molar-refractivity contribution in [2.75, 3.05) is 62.8 Å². The van der Waals surface area contributed by atoms with Crippen LogP contribution in [0.25, 0.3) is 10.9 Å². The van der Waals surface area contributed by atoms with Crippen molar-refractivity contribution in [2.45, 2.75) is 39.2 Å². The molecule has 0 atom stereocenters. The van der Waals surface area contributed by atoms with Crippen molar-refractivity contribution in [3.8, 4) is 0 Å². The molecule has 1 aromatic carbocycles. The van der Waals surface area contributed by atoms with Gasteiger partial charge in [0.05, 0.1) is 17.5 Å². The third kappa shape index (κ3) is 4.70. The van der Waals surface area contributed by atoms with Gasteiger partial charge in [0.2, 0.25) is 16.0 Å². The maximum absolute atomic E-state index is 11.7. The lowest BCUT2D eigenvalue weighted by atomic mass is 9.78. The van der Waals surface area contributed by atoms with E-state index in [9.17, 15) is 8.42 Å². The molecule has 2 aromatic rings. The van der Waals surface area contributed by atoms with E-state index in [1.54, 1.807) is 4.31 Å². The average molecular weight is 461 g/mol. The molecule has 0 aliphatic carbocycles. The molecule has 0 amide bonds. The van der Waals surface area contributed by atoms with Crippen LogP contribution >= 0.6 is 0 Å². The summed E-state index contributed by atoms with van der Waals surface area (Å²) >= 11 is 0. The fourth-order valence-corrected chi connectivity index (χ4v) is 6.10. The largest absolute Gasteiger partial charge is 0.368 e. The number of nitrogens with one attached hydrogen (secondary N) is 1. The van der Waals surface area contributed by atoms with E-state index < -0.39 is 10.0 Å². The summed E-state index contributed by atoms with van der Waals surface area (Å²) in [7, 11) is -0.901. The van der Waals surface area contributed by atoms with E-state index in [0.717, 1.165) is 36.8 Å². The fraction of sp³-hybridized carbons (Fsp3) is 0.652. The van der Waals surface area contributed by atoms with Crippen LogP contribution in [0.1, 0.15) is 33.1 Å². The predicted octanol–water partition coefficient (Wildman–Crippen LogP) is 2.63. The van der Waals surface area contributed by atoms with Crippen molar-refractivity contribution in [1.29, 1.82) is 0 Å². The number of piperidine rings is 1. The van der Waals surface area contributed by atoms with Crippen LogP contribution in [0.4, 0.5) is 11.6 Å². The van der Waals surface area contributed by atoms with Gasteiger partial charge in [0.1, 0.15) is 0 Å². The summed E-state index contributed by atoms with van der Waals surface area (Å²) in [6.45, 7) is 9.64. The van der Waals surface area contributed by atoms with E-state index in [4.69, 9.17) is 4.98 Å². The van der Waals surface area contributed by atoms with E-state index in [-0.39, 0.29) is 6.04 Å². The topological polar surface area (TPSA) is 81.7 Å². The summed E-state index contributed by atoms with van der Waals surface area (Å²) < 4.78 is 25.0. The second-order valence-electron chi connectivity index (χ2n) is 9.33. The van der Waals surface area contributed by atoms with Crippen molar-refractivity contribution in [2.24, 2.45) is 5.41 Å². The quantitative estimate of drug-likeness (QED) is 0.751. The van der Waals surface area contributed by atoms with Gasteiger partial charge in [-0.2, -0.15) is 0 Å². The van der Waals surface area contributed by atoms with Crippen LogP contribution in [0.15, 0.2) is 24.4 Å². The standard InChI is InChI=1S/C21H30N6O2S.C2H6/c1-25-11-8-21(13-25)14-26(15-21)18-5-3-4-16-12-22-20(24-19(16)18)23-17-6-9-27(10-7-17)30(2,28)29;1-2/h3-5,12,17H,6-11,13-15H2,1-2H3,(H,22,23,24);1-2H3. The number of fused-ring (bicyclic) bond motifs is 1. The van der Waals surface area contributed by atoms with Crippen molar-refractivity contribution in [1.82, 2.24) is 19.2 Å². The molecule has 3 saturated heterocycles.